The zero-order valence-corrected chi connectivity index (χ0v) is 26.1. The zero-order chi connectivity index (χ0) is 31.2. The van der Waals surface area contributed by atoms with Crippen LogP contribution >= 0.6 is 0 Å². The molecule has 1 heterocycles. The molecule has 0 unspecified atom stereocenters. The molecule has 0 spiro atoms. The minimum atomic E-state index is -1.45. The maximum atomic E-state index is 13.2. The number of amides is 1. The van der Waals surface area contributed by atoms with Crippen molar-refractivity contribution in [1.29, 1.82) is 5.41 Å². The molecule has 0 aromatic heterocycles. The minimum Gasteiger partial charge on any atom is -0.477 e. The van der Waals surface area contributed by atoms with Crippen LogP contribution in [0, 0.1) is 12.3 Å². The average molecular weight is 566 g/mol. The summed E-state index contributed by atoms with van der Waals surface area (Å²) in [7, 11) is 0. The summed E-state index contributed by atoms with van der Waals surface area (Å²) in [5.41, 5.74) is 7.55. The van der Waals surface area contributed by atoms with E-state index in [0.717, 1.165) is 29.7 Å². The summed E-state index contributed by atoms with van der Waals surface area (Å²) in [5, 5.41) is 20.6. The van der Waals surface area contributed by atoms with Crippen molar-refractivity contribution >= 4 is 40.2 Å². The first-order chi connectivity index (χ1) is 19.9. The van der Waals surface area contributed by atoms with Crippen molar-refractivity contribution in [3.05, 3.63) is 106 Å². The van der Waals surface area contributed by atoms with Crippen LogP contribution in [0.4, 0.5) is 17.1 Å². The Balaban J connectivity index is 0.00000237. The fraction of sp³-hybridized carbons (Fsp3) is 0.306. The summed E-state index contributed by atoms with van der Waals surface area (Å²) in [4.78, 5) is 27.4. The average Bonchev–Trinajstić information content (AvgIpc) is 2.98. The Bertz CT molecular complexity index is 1530. The van der Waals surface area contributed by atoms with Gasteiger partial charge in [0.15, 0.2) is 5.71 Å². The number of anilines is 3. The molecule has 1 amide bonds. The number of carboxylic acids is 1. The Morgan fingerprint density at radius 1 is 0.905 bits per heavy atom. The van der Waals surface area contributed by atoms with Crippen molar-refractivity contribution < 1.29 is 14.7 Å². The van der Waals surface area contributed by atoms with Gasteiger partial charge >= 0.3 is 5.97 Å². The van der Waals surface area contributed by atoms with E-state index in [1.54, 1.807) is 31.2 Å². The molecule has 6 nitrogen and oxygen atoms in total. The molecule has 1 aliphatic rings. The van der Waals surface area contributed by atoms with E-state index in [9.17, 15) is 14.7 Å². The van der Waals surface area contributed by atoms with Crippen molar-refractivity contribution in [2.45, 2.75) is 67.2 Å². The second-order valence-electron chi connectivity index (χ2n) is 11.1. The quantitative estimate of drug-likeness (QED) is 0.152. The van der Waals surface area contributed by atoms with Crippen LogP contribution in [-0.2, 0) is 15.0 Å². The third kappa shape index (κ3) is 6.88. The highest BCUT2D eigenvalue weighted by Gasteiger charge is 2.32. The lowest BCUT2D eigenvalue weighted by molar-refractivity contribution is -0.129. The van der Waals surface area contributed by atoms with Crippen LogP contribution in [0.25, 0.3) is 5.57 Å². The first-order valence-electron chi connectivity index (χ1n) is 14.5. The smallest absolute Gasteiger partial charge is 0.354 e. The summed E-state index contributed by atoms with van der Waals surface area (Å²) in [6, 6.07) is 23.9. The van der Waals surface area contributed by atoms with Crippen LogP contribution < -0.4 is 10.2 Å². The van der Waals surface area contributed by atoms with Crippen LogP contribution in [-0.4, -0.2) is 29.2 Å². The van der Waals surface area contributed by atoms with E-state index in [1.807, 2.05) is 33.8 Å². The zero-order valence-electron chi connectivity index (χ0n) is 26.1. The molecule has 3 aromatic carbocycles. The highest BCUT2D eigenvalue weighted by Crippen LogP contribution is 2.44. The Morgan fingerprint density at radius 2 is 1.52 bits per heavy atom. The fourth-order valence-corrected chi connectivity index (χ4v) is 5.16. The molecule has 0 saturated heterocycles. The standard InChI is InChI=1S/C34H37N3O3.C2H6/c1-21-12-15-27(16-13-21)37-19-18-34(5,6)28-20-25(14-17-29(28)37)23(3)22(2)24(4)30(31(35)33(39)40)32(38)36-26-10-8-7-9-11-26;1-2/h7-17,20,35H,18-19H2,1-6H3,(H,36,38)(H,39,40);1-2H3/b23-22+,30-24-,35-31?;. The van der Waals surface area contributed by atoms with Crippen molar-refractivity contribution in [3.63, 3.8) is 0 Å². The van der Waals surface area contributed by atoms with Crippen molar-refractivity contribution in [1.82, 2.24) is 0 Å². The first kappa shape index (κ1) is 32.1. The number of nitrogens with zero attached hydrogens (tertiary/aromatic N) is 1. The Kier molecular flexibility index (Phi) is 10.3. The lowest BCUT2D eigenvalue weighted by Crippen LogP contribution is -2.34. The molecule has 1 aliphatic heterocycles. The molecule has 3 N–H and O–H groups in total. The predicted octanol–water partition coefficient (Wildman–Crippen LogP) is 8.69. The third-order valence-electron chi connectivity index (χ3n) is 7.98. The number of carboxylic acid groups (broad SMARTS) is 1. The largest absolute Gasteiger partial charge is 0.477 e. The molecule has 220 valence electrons. The highest BCUT2D eigenvalue weighted by atomic mass is 16.4. The summed E-state index contributed by atoms with van der Waals surface area (Å²) in [5.74, 6) is -2.07. The van der Waals surface area contributed by atoms with Crippen LogP contribution in [0.1, 0.15) is 71.6 Å². The third-order valence-corrected chi connectivity index (χ3v) is 7.98. The van der Waals surface area contributed by atoms with Crippen molar-refractivity contribution in [2.75, 3.05) is 16.8 Å². The molecule has 0 atom stereocenters. The number of aryl methyl sites for hydroxylation is 1. The lowest BCUT2D eigenvalue weighted by atomic mass is 9.76. The summed E-state index contributed by atoms with van der Waals surface area (Å²) in [6.07, 6.45) is 0.998. The molecule has 0 radical (unpaired) electrons. The van der Waals surface area contributed by atoms with Gasteiger partial charge in [0.1, 0.15) is 0 Å². The summed E-state index contributed by atoms with van der Waals surface area (Å²) < 4.78 is 0. The number of hydrogen-bond acceptors (Lipinski definition) is 4. The van der Waals surface area contributed by atoms with Crippen molar-refractivity contribution in [2.24, 2.45) is 0 Å². The number of nitrogens with one attached hydrogen (secondary N) is 2. The summed E-state index contributed by atoms with van der Waals surface area (Å²) in [6.45, 7) is 17.1. The number of rotatable bonds is 7. The fourth-order valence-electron chi connectivity index (χ4n) is 5.16. The molecular formula is C36H43N3O3. The molecule has 0 aliphatic carbocycles. The van der Waals surface area contributed by atoms with E-state index in [4.69, 9.17) is 5.41 Å². The molecule has 0 bridgehead atoms. The monoisotopic (exact) mass is 565 g/mol. The second-order valence-corrected chi connectivity index (χ2v) is 11.1. The maximum absolute atomic E-state index is 13.2. The predicted molar refractivity (Wildman–Crippen MR) is 175 cm³/mol. The van der Waals surface area contributed by atoms with E-state index in [2.05, 4.69) is 73.5 Å². The van der Waals surface area contributed by atoms with E-state index in [1.165, 1.54) is 22.5 Å². The van der Waals surface area contributed by atoms with E-state index >= 15 is 0 Å². The number of para-hydroxylation sites is 1. The second kappa shape index (κ2) is 13.5. The van der Waals surface area contributed by atoms with Gasteiger partial charge in [0.2, 0.25) is 0 Å². The maximum Gasteiger partial charge on any atom is 0.354 e. The van der Waals surface area contributed by atoms with Gasteiger partial charge in [0.25, 0.3) is 5.91 Å². The van der Waals surface area contributed by atoms with Crippen LogP contribution in [0.2, 0.25) is 0 Å². The molecule has 4 rings (SSSR count). The molecule has 6 heteroatoms. The first-order valence-corrected chi connectivity index (χ1v) is 14.5. The number of benzene rings is 3. The van der Waals surface area contributed by atoms with Gasteiger partial charge in [-0.25, -0.2) is 4.79 Å². The van der Waals surface area contributed by atoms with Crippen molar-refractivity contribution in [3.8, 4) is 0 Å². The number of hydrogen-bond donors (Lipinski definition) is 3. The number of carbonyl (C=O) groups is 2. The number of allylic oxidation sites excluding steroid dienone is 3. The van der Waals surface area contributed by atoms with Gasteiger partial charge in [-0.2, -0.15) is 0 Å². The summed E-state index contributed by atoms with van der Waals surface area (Å²) >= 11 is 0. The van der Waals surface area contributed by atoms with Crippen LogP contribution in [0.5, 0.6) is 0 Å². The van der Waals surface area contributed by atoms with Crippen LogP contribution in [0.15, 0.2) is 89.5 Å². The van der Waals surface area contributed by atoms with E-state index in [0.29, 0.717) is 11.3 Å². The molecular weight excluding hydrogens is 522 g/mol. The molecule has 3 aromatic rings. The Hall–Kier alpha value is -4.45. The van der Waals surface area contributed by atoms with Crippen LogP contribution in [0.3, 0.4) is 0 Å². The minimum absolute atomic E-state index is 0.0300. The molecule has 42 heavy (non-hydrogen) atoms. The van der Waals surface area contributed by atoms with Gasteiger partial charge in [-0.15, -0.1) is 0 Å². The number of carbonyl (C=O) groups excluding carboxylic acids is 1. The van der Waals surface area contributed by atoms with Gasteiger partial charge in [-0.05, 0) is 104 Å². The Morgan fingerprint density at radius 3 is 2.12 bits per heavy atom. The van der Waals surface area contributed by atoms with Gasteiger partial charge < -0.3 is 15.3 Å². The van der Waals surface area contributed by atoms with E-state index in [-0.39, 0.29) is 11.0 Å². The highest BCUT2D eigenvalue weighted by molar-refractivity contribution is 6.49. The van der Waals surface area contributed by atoms with Gasteiger partial charge in [0, 0.05) is 23.6 Å². The van der Waals surface area contributed by atoms with Gasteiger partial charge in [-0.3, -0.25) is 10.2 Å². The van der Waals surface area contributed by atoms with E-state index < -0.39 is 17.6 Å². The Labute approximate surface area is 250 Å². The molecule has 0 fully saturated rings. The topological polar surface area (TPSA) is 93.5 Å². The number of aliphatic carboxylic acids is 1. The van der Waals surface area contributed by atoms with Gasteiger partial charge in [0.05, 0.1) is 5.57 Å². The SMILES string of the molecule is CC.CC(=C(\C(=N)C(=O)O)C(=O)Nc1ccccc1)/C(C)=C(\C)c1ccc2c(c1)C(C)(C)CCN2c1ccc(C)cc1. The molecule has 0 saturated carbocycles. The normalized spacial score (nSPS) is 14.8. The van der Waals surface area contributed by atoms with Gasteiger partial charge in [-0.1, -0.05) is 69.7 Å². The number of fused-ring (bicyclic) bond motifs is 1. The lowest BCUT2D eigenvalue weighted by Gasteiger charge is -2.40.